The second-order valence-electron chi connectivity index (χ2n) is 6.60. The van der Waals surface area contributed by atoms with E-state index in [0.717, 1.165) is 16.2 Å². The van der Waals surface area contributed by atoms with E-state index < -0.39 is 9.84 Å². The summed E-state index contributed by atoms with van der Waals surface area (Å²) in [5.74, 6) is 0.893. The van der Waals surface area contributed by atoms with Gasteiger partial charge in [-0.25, -0.2) is 8.42 Å². The number of methoxy groups -OCH3 is 2. The second-order valence-corrected chi connectivity index (χ2v) is 9.43. The molecule has 1 atom stereocenters. The van der Waals surface area contributed by atoms with E-state index in [4.69, 9.17) is 9.47 Å². The highest BCUT2D eigenvalue weighted by atomic mass is 32.2. The number of amides is 1. The van der Waals surface area contributed by atoms with Crippen LogP contribution in [0.1, 0.15) is 22.8 Å². The monoisotopic (exact) mass is 429 g/mol. The third-order valence-corrected chi connectivity index (χ3v) is 7.97. The highest BCUT2D eigenvalue weighted by Gasteiger charge is 2.34. The third-order valence-electron chi connectivity index (χ3n) is 4.93. The van der Waals surface area contributed by atoms with Gasteiger partial charge in [-0.1, -0.05) is 12.1 Å². The number of hydrogen-bond donors (Lipinski definition) is 1. The van der Waals surface area contributed by atoms with Gasteiger partial charge in [-0.3, -0.25) is 4.79 Å². The van der Waals surface area contributed by atoms with Gasteiger partial charge in [0.15, 0.2) is 0 Å². The second kappa shape index (κ2) is 7.53. The van der Waals surface area contributed by atoms with Crippen molar-refractivity contribution in [2.45, 2.75) is 22.1 Å². The van der Waals surface area contributed by atoms with Crippen LogP contribution in [-0.4, -0.2) is 28.5 Å². The Labute approximate surface area is 173 Å². The molecule has 8 heteroatoms. The number of ether oxygens (including phenoxy) is 2. The first-order valence-corrected chi connectivity index (χ1v) is 11.2. The predicted molar refractivity (Wildman–Crippen MR) is 111 cm³/mol. The molecule has 4 rings (SSSR count). The van der Waals surface area contributed by atoms with Crippen LogP contribution in [-0.2, 0) is 14.6 Å². The van der Waals surface area contributed by atoms with Gasteiger partial charge in [0.2, 0.25) is 15.7 Å². The number of carbonyl (C=O) groups excluding carboxylic acids is 1. The zero-order valence-electron chi connectivity index (χ0n) is 15.8. The molecule has 150 valence electrons. The molecule has 0 spiro atoms. The average Bonchev–Trinajstić information content (AvgIpc) is 3.18. The maximum Gasteiger partial charge on any atom is 0.225 e. The normalized spacial score (nSPS) is 16.1. The molecule has 0 aliphatic carbocycles. The summed E-state index contributed by atoms with van der Waals surface area (Å²) >= 11 is 1.35. The van der Waals surface area contributed by atoms with Crippen molar-refractivity contribution in [1.29, 1.82) is 0 Å². The molecule has 2 aromatic carbocycles. The zero-order chi connectivity index (χ0) is 20.6. The summed E-state index contributed by atoms with van der Waals surface area (Å²) in [6.45, 7) is 0. The minimum absolute atomic E-state index is 0.120. The Bertz CT molecular complexity index is 1150. The van der Waals surface area contributed by atoms with Crippen molar-refractivity contribution in [1.82, 2.24) is 0 Å². The van der Waals surface area contributed by atoms with E-state index in [1.54, 1.807) is 24.6 Å². The molecular weight excluding hydrogens is 410 g/mol. The maximum absolute atomic E-state index is 13.2. The molecule has 1 aliphatic heterocycles. The maximum atomic E-state index is 13.2. The van der Waals surface area contributed by atoms with Crippen molar-refractivity contribution in [2.24, 2.45) is 0 Å². The number of anilines is 1. The van der Waals surface area contributed by atoms with Gasteiger partial charge >= 0.3 is 0 Å². The fourth-order valence-corrected chi connectivity index (χ4v) is 6.30. The smallest absolute Gasteiger partial charge is 0.225 e. The topological polar surface area (TPSA) is 81.7 Å². The van der Waals surface area contributed by atoms with Crippen LogP contribution in [0.2, 0.25) is 0 Å². The molecule has 0 fully saturated rings. The van der Waals surface area contributed by atoms with Crippen molar-refractivity contribution in [3.8, 4) is 11.5 Å². The number of benzene rings is 2. The Hall–Kier alpha value is -2.84. The Morgan fingerprint density at radius 2 is 1.55 bits per heavy atom. The largest absolute Gasteiger partial charge is 0.497 e. The highest BCUT2D eigenvalue weighted by Crippen LogP contribution is 2.46. The summed E-state index contributed by atoms with van der Waals surface area (Å²) in [4.78, 5) is 13.5. The molecule has 3 aromatic rings. The van der Waals surface area contributed by atoms with Crippen LogP contribution < -0.4 is 14.8 Å². The average molecular weight is 430 g/mol. The number of sulfone groups is 1. The summed E-state index contributed by atoms with van der Waals surface area (Å²) in [6.07, 6.45) is 0.266. The lowest BCUT2D eigenvalue weighted by molar-refractivity contribution is -0.116. The standard InChI is InChI=1S/C21H19NO5S2/c1-26-14-5-3-13(4-6-14)17-11-19(23)22-20-18(12-28-21(17)20)29(24,25)16-9-7-15(27-2)8-10-16/h3-10,12,17H,11H2,1-2H3,(H,22,23)/t17-/m1/s1. The van der Waals surface area contributed by atoms with Crippen LogP contribution in [0.3, 0.4) is 0 Å². The first-order valence-electron chi connectivity index (χ1n) is 8.88. The van der Waals surface area contributed by atoms with Crippen molar-refractivity contribution < 1.29 is 22.7 Å². The third kappa shape index (κ3) is 3.49. The van der Waals surface area contributed by atoms with Crippen LogP contribution in [0.5, 0.6) is 11.5 Å². The molecular formula is C21H19NO5S2. The molecule has 29 heavy (non-hydrogen) atoms. The van der Waals surface area contributed by atoms with Gasteiger partial charge < -0.3 is 14.8 Å². The van der Waals surface area contributed by atoms with E-state index in [2.05, 4.69) is 5.32 Å². The molecule has 1 amide bonds. The molecule has 1 aromatic heterocycles. The van der Waals surface area contributed by atoms with Crippen LogP contribution in [0.4, 0.5) is 5.69 Å². The fourth-order valence-electron chi connectivity index (χ4n) is 3.39. The lowest BCUT2D eigenvalue weighted by atomic mass is 9.91. The van der Waals surface area contributed by atoms with Gasteiger partial charge in [0.1, 0.15) is 16.4 Å². The minimum Gasteiger partial charge on any atom is -0.497 e. The minimum atomic E-state index is -3.78. The number of carbonyl (C=O) groups is 1. The van der Waals surface area contributed by atoms with Crippen molar-refractivity contribution in [3.05, 3.63) is 64.4 Å². The first-order chi connectivity index (χ1) is 13.9. The molecule has 1 aliphatic rings. The van der Waals surface area contributed by atoms with Gasteiger partial charge in [0.25, 0.3) is 0 Å². The first kappa shape index (κ1) is 19.5. The van der Waals surface area contributed by atoms with Crippen LogP contribution >= 0.6 is 11.3 Å². The Balaban J connectivity index is 1.76. The molecule has 0 bridgehead atoms. The Morgan fingerprint density at radius 1 is 0.966 bits per heavy atom. The van der Waals surface area contributed by atoms with Crippen LogP contribution in [0.15, 0.2) is 63.7 Å². The summed E-state index contributed by atoms with van der Waals surface area (Å²) in [7, 11) is -0.666. The predicted octanol–water partition coefficient (Wildman–Crippen LogP) is 4.07. The molecule has 0 radical (unpaired) electrons. The number of nitrogens with one attached hydrogen (secondary N) is 1. The zero-order valence-corrected chi connectivity index (χ0v) is 17.5. The number of thiophene rings is 1. The van der Waals surface area contributed by atoms with Crippen LogP contribution in [0, 0.1) is 0 Å². The van der Waals surface area contributed by atoms with Crippen molar-refractivity contribution in [3.63, 3.8) is 0 Å². The van der Waals surface area contributed by atoms with Crippen molar-refractivity contribution >= 4 is 32.8 Å². The quantitative estimate of drug-likeness (QED) is 0.661. The lowest BCUT2D eigenvalue weighted by Gasteiger charge is -2.24. The van der Waals surface area contributed by atoms with E-state index >= 15 is 0 Å². The van der Waals surface area contributed by atoms with E-state index in [-0.39, 0.29) is 28.0 Å². The summed E-state index contributed by atoms with van der Waals surface area (Å²) in [5, 5.41) is 4.38. The summed E-state index contributed by atoms with van der Waals surface area (Å²) in [6, 6.07) is 13.7. The van der Waals surface area contributed by atoms with Gasteiger partial charge in [0.05, 0.1) is 24.8 Å². The van der Waals surface area contributed by atoms with Gasteiger partial charge in [0, 0.05) is 22.6 Å². The van der Waals surface area contributed by atoms with E-state index in [0.29, 0.717) is 11.4 Å². The van der Waals surface area contributed by atoms with E-state index in [1.165, 1.54) is 30.6 Å². The Morgan fingerprint density at radius 3 is 2.14 bits per heavy atom. The number of rotatable bonds is 5. The van der Waals surface area contributed by atoms with Crippen LogP contribution in [0.25, 0.3) is 0 Å². The van der Waals surface area contributed by atoms with Gasteiger partial charge in [-0.2, -0.15) is 0 Å². The fraction of sp³-hybridized carbons (Fsp3) is 0.190. The molecule has 0 saturated heterocycles. The van der Waals surface area contributed by atoms with E-state index in [1.807, 2.05) is 24.3 Å². The number of hydrogen-bond acceptors (Lipinski definition) is 6. The molecule has 2 heterocycles. The Kier molecular flexibility index (Phi) is 5.06. The lowest BCUT2D eigenvalue weighted by Crippen LogP contribution is -2.23. The van der Waals surface area contributed by atoms with Gasteiger partial charge in [-0.15, -0.1) is 11.3 Å². The highest BCUT2D eigenvalue weighted by molar-refractivity contribution is 7.91. The van der Waals surface area contributed by atoms with Gasteiger partial charge in [-0.05, 0) is 42.0 Å². The molecule has 6 nitrogen and oxygen atoms in total. The number of fused-ring (bicyclic) bond motifs is 1. The molecule has 0 unspecified atom stereocenters. The van der Waals surface area contributed by atoms with E-state index in [9.17, 15) is 13.2 Å². The van der Waals surface area contributed by atoms with Crippen molar-refractivity contribution in [2.75, 3.05) is 19.5 Å². The molecule has 1 N–H and O–H groups in total. The SMILES string of the molecule is COc1ccc([C@H]2CC(=O)Nc3c(S(=O)(=O)c4ccc(OC)cc4)csc32)cc1. The summed E-state index contributed by atoms with van der Waals surface area (Å²) in [5.41, 5.74) is 1.32. The summed E-state index contributed by atoms with van der Waals surface area (Å²) < 4.78 is 36.7. The molecule has 0 saturated carbocycles.